The number of hydrogen-bond acceptors (Lipinski definition) is 2. The monoisotopic (exact) mass is 188 g/mol. The maximum absolute atomic E-state index is 3.49. The van der Waals surface area contributed by atoms with Gasteiger partial charge in [-0.25, -0.2) is 0 Å². The Morgan fingerprint density at radius 1 is 1.14 bits per heavy atom. The third kappa shape index (κ3) is 1.22. The van der Waals surface area contributed by atoms with Gasteiger partial charge in [0, 0.05) is 12.2 Å². The maximum Gasteiger partial charge on any atom is 0.0541 e. The van der Waals surface area contributed by atoms with Crippen LogP contribution in [0.5, 0.6) is 0 Å². The molecule has 1 unspecified atom stereocenters. The summed E-state index contributed by atoms with van der Waals surface area (Å²) < 4.78 is 0. The van der Waals surface area contributed by atoms with E-state index in [1.165, 1.54) is 37.2 Å². The van der Waals surface area contributed by atoms with Gasteiger partial charge in [0.1, 0.15) is 0 Å². The van der Waals surface area contributed by atoms with Crippen molar-refractivity contribution in [1.82, 2.24) is 4.90 Å². The van der Waals surface area contributed by atoms with Gasteiger partial charge in [-0.2, -0.15) is 0 Å². The van der Waals surface area contributed by atoms with E-state index in [4.69, 9.17) is 0 Å². The lowest BCUT2D eigenvalue weighted by Gasteiger charge is -2.22. The highest BCUT2D eigenvalue weighted by Crippen LogP contribution is 2.34. The van der Waals surface area contributed by atoms with Crippen LogP contribution in [0, 0.1) is 0 Å². The molecular formula is C12H16N2. The van der Waals surface area contributed by atoms with E-state index in [0.717, 1.165) is 6.54 Å². The van der Waals surface area contributed by atoms with Gasteiger partial charge in [-0.05, 0) is 37.6 Å². The van der Waals surface area contributed by atoms with E-state index >= 15 is 0 Å². The molecule has 0 radical (unpaired) electrons. The number of hydrogen-bond donors (Lipinski definition) is 1. The smallest absolute Gasteiger partial charge is 0.0541 e. The summed E-state index contributed by atoms with van der Waals surface area (Å²) in [5.41, 5.74) is 2.83. The van der Waals surface area contributed by atoms with Gasteiger partial charge in [0.2, 0.25) is 0 Å². The van der Waals surface area contributed by atoms with Crippen molar-refractivity contribution >= 4 is 5.69 Å². The van der Waals surface area contributed by atoms with E-state index in [-0.39, 0.29) is 0 Å². The van der Waals surface area contributed by atoms with Crippen LogP contribution < -0.4 is 5.32 Å². The van der Waals surface area contributed by atoms with Gasteiger partial charge in [-0.3, -0.25) is 4.90 Å². The van der Waals surface area contributed by atoms with Crippen molar-refractivity contribution in [2.45, 2.75) is 18.9 Å². The van der Waals surface area contributed by atoms with Gasteiger partial charge >= 0.3 is 0 Å². The van der Waals surface area contributed by atoms with Crippen molar-refractivity contribution in [3.05, 3.63) is 29.8 Å². The SMILES string of the molecule is c1ccc2c(c1)NCC2N1CCCC1. The van der Waals surface area contributed by atoms with Crippen molar-refractivity contribution in [3.8, 4) is 0 Å². The molecule has 1 N–H and O–H groups in total. The van der Waals surface area contributed by atoms with E-state index < -0.39 is 0 Å². The minimum absolute atomic E-state index is 0.633. The second-order valence-electron chi connectivity index (χ2n) is 4.23. The number of nitrogens with one attached hydrogen (secondary N) is 1. The van der Waals surface area contributed by atoms with Crippen LogP contribution in [-0.4, -0.2) is 24.5 Å². The van der Waals surface area contributed by atoms with Crippen LogP contribution in [0.1, 0.15) is 24.4 Å². The van der Waals surface area contributed by atoms with Gasteiger partial charge in [0.15, 0.2) is 0 Å². The van der Waals surface area contributed by atoms with Gasteiger partial charge < -0.3 is 5.32 Å². The molecule has 74 valence electrons. The summed E-state index contributed by atoms with van der Waals surface area (Å²) in [5, 5.41) is 3.49. The van der Waals surface area contributed by atoms with E-state index in [9.17, 15) is 0 Å². The molecule has 0 saturated carbocycles. The second kappa shape index (κ2) is 3.28. The Bertz CT molecular complexity index is 329. The normalized spacial score (nSPS) is 26.1. The molecule has 3 rings (SSSR count). The first kappa shape index (κ1) is 8.30. The number of rotatable bonds is 1. The molecule has 0 aliphatic carbocycles. The van der Waals surface area contributed by atoms with Crippen LogP contribution >= 0.6 is 0 Å². The molecule has 1 aromatic carbocycles. The number of benzene rings is 1. The van der Waals surface area contributed by atoms with Crippen molar-refractivity contribution < 1.29 is 0 Å². The summed E-state index contributed by atoms with van der Waals surface area (Å²) in [5.74, 6) is 0. The van der Waals surface area contributed by atoms with Crippen molar-refractivity contribution in [2.75, 3.05) is 25.0 Å². The number of anilines is 1. The molecule has 1 aromatic rings. The zero-order chi connectivity index (χ0) is 9.38. The maximum atomic E-state index is 3.49. The van der Waals surface area contributed by atoms with Crippen LogP contribution in [0.4, 0.5) is 5.69 Å². The zero-order valence-electron chi connectivity index (χ0n) is 8.37. The number of nitrogens with zero attached hydrogens (tertiary/aromatic N) is 1. The number of para-hydroxylation sites is 1. The summed E-state index contributed by atoms with van der Waals surface area (Å²) >= 11 is 0. The first-order valence-corrected chi connectivity index (χ1v) is 5.52. The molecule has 0 amide bonds. The van der Waals surface area contributed by atoms with Crippen LogP contribution in [0.2, 0.25) is 0 Å². The highest BCUT2D eigenvalue weighted by atomic mass is 15.2. The molecule has 14 heavy (non-hydrogen) atoms. The van der Waals surface area contributed by atoms with Gasteiger partial charge in [0.25, 0.3) is 0 Å². The first-order valence-electron chi connectivity index (χ1n) is 5.52. The average molecular weight is 188 g/mol. The highest BCUT2D eigenvalue weighted by Gasteiger charge is 2.28. The molecule has 1 atom stereocenters. The molecule has 2 nitrogen and oxygen atoms in total. The number of fused-ring (bicyclic) bond motifs is 1. The number of likely N-dealkylation sites (tertiary alicyclic amines) is 1. The van der Waals surface area contributed by atoms with Crippen LogP contribution in [0.25, 0.3) is 0 Å². The predicted octanol–water partition coefficient (Wildman–Crippen LogP) is 2.25. The fourth-order valence-electron chi connectivity index (χ4n) is 2.64. The molecule has 2 heteroatoms. The lowest BCUT2D eigenvalue weighted by molar-refractivity contribution is 0.263. The topological polar surface area (TPSA) is 15.3 Å². The molecule has 0 bridgehead atoms. The van der Waals surface area contributed by atoms with E-state index in [0.29, 0.717) is 6.04 Å². The standard InChI is InChI=1S/C12H16N2/c1-2-6-11-10(5-1)12(9-13-11)14-7-3-4-8-14/h1-2,5-6,12-13H,3-4,7-9H2. The molecule has 1 saturated heterocycles. The summed E-state index contributed by atoms with van der Waals surface area (Å²) in [4.78, 5) is 2.61. The van der Waals surface area contributed by atoms with Crippen LogP contribution in [0.15, 0.2) is 24.3 Å². The molecule has 1 fully saturated rings. The fraction of sp³-hybridized carbons (Fsp3) is 0.500. The van der Waals surface area contributed by atoms with Crippen LogP contribution in [0.3, 0.4) is 0 Å². The summed E-state index contributed by atoms with van der Waals surface area (Å²) in [6.07, 6.45) is 2.75. The van der Waals surface area contributed by atoms with Crippen molar-refractivity contribution in [3.63, 3.8) is 0 Å². The fourth-order valence-corrected chi connectivity index (χ4v) is 2.64. The lowest BCUT2D eigenvalue weighted by atomic mass is 10.1. The molecule has 0 aromatic heterocycles. The molecular weight excluding hydrogens is 172 g/mol. The van der Waals surface area contributed by atoms with Gasteiger partial charge in [-0.1, -0.05) is 18.2 Å². The highest BCUT2D eigenvalue weighted by molar-refractivity contribution is 5.57. The zero-order valence-corrected chi connectivity index (χ0v) is 8.37. The Morgan fingerprint density at radius 3 is 2.79 bits per heavy atom. The first-order chi connectivity index (χ1) is 6.95. The van der Waals surface area contributed by atoms with E-state index in [1.54, 1.807) is 0 Å². The van der Waals surface area contributed by atoms with Crippen LogP contribution in [-0.2, 0) is 0 Å². The predicted molar refractivity (Wildman–Crippen MR) is 58.5 cm³/mol. The van der Waals surface area contributed by atoms with Crippen molar-refractivity contribution in [1.29, 1.82) is 0 Å². The van der Waals surface area contributed by atoms with Crippen molar-refractivity contribution in [2.24, 2.45) is 0 Å². The summed E-state index contributed by atoms with van der Waals surface area (Å²) in [6, 6.07) is 9.34. The molecule has 2 aliphatic heterocycles. The molecule has 0 spiro atoms. The Labute approximate surface area is 84.9 Å². The Morgan fingerprint density at radius 2 is 1.93 bits per heavy atom. The summed E-state index contributed by atoms with van der Waals surface area (Å²) in [6.45, 7) is 3.65. The third-order valence-electron chi connectivity index (χ3n) is 3.39. The summed E-state index contributed by atoms with van der Waals surface area (Å²) in [7, 11) is 0. The van der Waals surface area contributed by atoms with Gasteiger partial charge in [0.05, 0.1) is 6.04 Å². The minimum atomic E-state index is 0.633. The second-order valence-corrected chi connectivity index (χ2v) is 4.23. The Hall–Kier alpha value is -1.02. The quantitative estimate of drug-likeness (QED) is 0.727. The van der Waals surface area contributed by atoms with Gasteiger partial charge in [-0.15, -0.1) is 0 Å². The van der Waals surface area contributed by atoms with E-state index in [2.05, 4.69) is 34.5 Å². The third-order valence-corrected chi connectivity index (χ3v) is 3.39. The largest absolute Gasteiger partial charge is 0.383 e. The Balaban J connectivity index is 1.89. The molecule has 2 aliphatic rings. The average Bonchev–Trinajstić information content (AvgIpc) is 2.85. The molecule has 2 heterocycles. The Kier molecular flexibility index (Phi) is 1.95. The van der Waals surface area contributed by atoms with E-state index in [1.807, 2.05) is 0 Å². The minimum Gasteiger partial charge on any atom is -0.383 e. The lowest BCUT2D eigenvalue weighted by Crippen LogP contribution is -2.26.